The molecule has 0 spiro atoms. The van der Waals surface area contributed by atoms with Gasteiger partial charge in [0.15, 0.2) is 0 Å². The number of carbonyl (C=O) groups is 1. The normalized spacial score (nSPS) is 34.9. The monoisotopic (exact) mass is 571 g/mol. The van der Waals surface area contributed by atoms with Crippen LogP contribution in [0.3, 0.4) is 0 Å². The number of aliphatic hydroxyl groups is 2. The molecule has 2 heterocycles. The summed E-state index contributed by atoms with van der Waals surface area (Å²) in [5, 5.41) is 31.5. The highest BCUT2D eigenvalue weighted by molar-refractivity contribution is 5.86. The van der Waals surface area contributed by atoms with Crippen molar-refractivity contribution in [3.8, 4) is 5.69 Å². The van der Waals surface area contributed by atoms with Gasteiger partial charge in [-0.1, -0.05) is 19.4 Å². The molecule has 4 aliphatic rings. The summed E-state index contributed by atoms with van der Waals surface area (Å²) in [5.74, 6) is -0.250. The van der Waals surface area contributed by atoms with Crippen LogP contribution in [0.4, 0.5) is 4.39 Å². The van der Waals surface area contributed by atoms with E-state index in [1.807, 2.05) is 17.8 Å². The quantitative estimate of drug-likeness (QED) is 0.426. The molecule has 1 aromatic carbocycles. The van der Waals surface area contributed by atoms with Crippen molar-refractivity contribution < 1.29 is 19.4 Å². The molecule has 1 amide bonds. The van der Waals surface area contributed by atoms with E-state index in [1.165, 1.54) is 17.7 Å². The summed E-state index contributed by atoms with van der Waals surface area (Å²) in [6.45, 7) is 4.67. The molecule has 3 N–H and O–H groups in total. The van der Waals surface area contributed by atoms with E-state index in [0.717, 1.165) is 48.3 Å². The Balaban J connectivity index is 1.13. The Hall–Kier alpha value is -3.43. The van der Waals surface area contributed by atoms with Gasteiger partial charge < -0.3 is 15.5 Å². The van der Waals surface area contributed by atoms with Gasteiger partial charge in [-0.05, 0) is 97.6 Å². The molecule has 220 valence electrons. The zero-order valence-corrected chi connectivity index (χ0v) is 24.1. The third kappa shape index (κ3) is 4.00. The fourth-order valence-electron chi connectivity index (χ4n) is 9.26. The molecular weight excluding hydrogens is 533 g/mol. The predicted octanol–water partition coefficient (Wildman–Crippen LogP) is 4.04. The number of halogens is 1. The van der Waals surface area contributed by atoms with Crippen LogP contribution in [0.2, 0.25) is 0 Å². The Morgan fingerprint density at radius 2 is 1.98 bits per heavy atom. The molecule has 3 saturated carbocycles. The van der Waals surface area contributed by atoms with Gasteiger partial charge in [0, 0.05) is 37.0 Å². The zero-order chi connectivity index (χ0) is 29.3. The number of nitrogens with one attached hydrogen (secondary N) is 1. The van der Waals surface area contributed by atoms with E-state index in [-0.39, 0.29) is 34.9 Å². The van der Waals surface area contributed by atoms with Gasteiger partial charge in [-0.3, -0.25) is 14.8 Å². The number of hydrogen-bond acceptors (Lipinski definition) is 6. The van der Waals surface area contributed by atoms with Gasteiger partial charge in [0.05, 0.1) is 29.4 Å². The molecule has 2 aromatic heterocycles. The number of allylic oxidation sites excluding steroid dienone is 1. The van der Waals surface area contributed by atoms with E-state index < -0.39 is 17.1 Å². The summed E-state index contributed by atoms with van der Waals surface area (Å²) in [6, 6.07) is 6.38. The Morgan fingerprint density at radius 3 is 2.74 bits per heavy atom. The molecule has 7 rings (SSSR count). The SMILES string of the molecule is CC12Cc3cnn(-c4ccc(F)cc4)c3C=C1CCC1C2C(O)CC2(C)C1CCC2(O)C(=O)NCCc1cnccn1. The van der Waals surface area contributed by atoms with Gasteiger partial charge in [0.1, 0.15) is 11.4 Å². The first-order valence-electron chi connectivity index (χ1n) is 15.1. The van der Waals surface area contributed by atoms with Crippen molar-refractivity contribution in [1.82, 2.24) is 25.1 Å². The Labute approximate surface area is 245 Å². The van der Waals surface area contributed by atoms with Gasteiger partial charge in [0.25, 0.3) is 5.91 Å². The topological polar surface area (TPSA) is 113 Å². The molecule has 9 heteroatoms. The summed E-state index contributed by atoms with van der Waals surface area (Å²) in [5.41, 5.74) is 2.59. The number of nitrogens with zero attached hydrogens (tertiary/aromatic N) is 4. The lowest BCUT2D eigenvalue weighted by molar-refractivity contribution is -0.181. The van der Waals surface area contributed by atoms with Crippen molar-refractivity contribution >= 4 is 12.0 Å². The van der Waals surface area contributed by atoms with E-state index >= 15 is 0 Å². The van der Waals surface area contributed by atoms with E-state index in [1.54, 1.807) is 30.7 Å². The first-order valence-corrected chi connectivity index (χ1v) is 15.1. The highest BCUT2D eigenvalue weighted by Crippen LogP contribution is 2.67. The largest absolute Gasteiger partial charge is 0.393 e. The number of carbonyl (C=O) groups excluding carboxylic acids is 1. The first-order chi connectivity index (χ1) is 20.1. The molecule has 3 fully saturated rings. The van der Waals surface area contributed by atoms with Crippen molar-refractivity contribution in [1.29, 1.82) is 0 Å². The van der Waals surface area contributed by atoms with E-state index in [9.17, 15) is 19.4 Å². The van der Waals surface area contributed by atoms with Crippen molar-refractivity contribution in [3.05, 3.63) is 77.4 Å². The fraction of sp³-hybridized carbons (Fsp3) is 0.515. The first kappa shape index (κ1) is 27.4. The van der Waals surface area contributed by atoms with Crippen LogP contribution in [0.5, 0.6) is 0 Å². The number of aliphatic hydroxyl groups excluding tert-OH is 1. The zero-order valence-electron chi connectivity index (χ0n) is 24.1. The van der Waals surface area contributed by atoms with Gasteiger partial charge >= 0.3 is 0 Å². The van der Waals surface area contributed by atoms with Crippen molar-refractivity contribution in [3.63, 3.8) is 0 Å². The summed E-state index contributed by atoms with van der Waals surface area (Å²) in [6.07, 6.45) is 13.1. The third-order valence-electron chi connectivity index (χ3n) is 11.3. The van der Waals surface area contributed by atoms with Crippen LogP contribution in [0.15, 0.2) is 54.6 Å². The number of aromatic nitrogens is 4. The number of rotatable bonds is 5. The summed E-state index contributed by atoms with van der Waals surface area (Å²) >= 11 is 0. The van der Waals surface area contributed by atoms with Crippen LogP contribution in [0.1, 0.15) is 62.9 Å². The second kappa shape index (κ2) is 9.81. The maximum atomic E-state index is 13.6. The van der Waals surface area contributed by atoms with Gasteiger partial charge in [-0.15, -0.1) is 0 Å². The highest BCUT2D eigenvalue weighted by atomic mass is 19.1. The minimum atomic E-state index is -1.53. The second-order valence-corrected chi connectivity index (χ2v) is 13.3. The van der Waals surface area contributed by atoms with Crippen molar-refractivity contribution in [2.75, 3.05) is 6.54 Å². The van der Waals surface area contributed by atoms with Crippen LogP contribution in [0.25, 0.3) is 11.8 Å². The van der Waals surface area contributed by atoms with Gasteiger partial charge in [-0.25, -0.2) is 9.07 Å². The molecule has 42 heavy (non-hydrogen) atoms. The molecule has 0 aliphatic heterocycles. The molecular formula is C33H38FN5O3. The van der Waals surface area contributed by atoms with E-state index in [4.69, 9.17) is 0 Å². The number of hydrogen-bond donors (Lipinski definition) is 3. The van der Waals surface area contributed by atoms with Crippen LogP contribution in [0, 0.1) is 34.4 Å². The molecule has 0 radical (unpaired) electrons. The number of fused-ring (bicyclic) bond motifs is 6. The van der Waals surface area contributed by atoms with Crippen LogP contribution >= 0.6 is 0 Å². The smallest absolute Gasteiger partial charge is 0.252 e. The summed E-state index contributed by atoms with van der Waals surface area (Å²) in [7, 11) is 0. The molecule has 8 nitrogen and oxygen atoms in total. The third-order valence-corrected chi connectivity index (χ3v) is 11.3. The average Bonchev–Trinajstić information content (AvgIpc) is 3.49. The molecule has 3 aromatic rings. The molecule has 7 unspecified atom stereocenters. The average molecular weight is 572 g/mol. The predicted molar refractivity (Wildman–Crippen MR) is 155 cm³/mol. The summed E-state index contributed by atoms with van der Waals surface area (Å²) in [4.78, 5) is 21.9. The lowest BCUT2D eigenvalue weighted by Crippen LogP contribution is -2.63. The minimum absolute atomic E-state index is 0.0277. The molecule has 0 bridgehead atoms. The fourth-order valence-corrected chi connectivity index (χ4v) is 9.26. The van der Waals surface area contributed by atoms with Crippen molar-refractivity contribution in [2.45, 2.75) is 70.5 Å². The van der Waals surface area contributed by atoms with Crippen LogP contribution in [-0.2, 0) is 17.6 Å². The highest BCUT2D eigenvalue weighted by Gasteiger charge is 2.68. The number of benzene rings is 1. The van der Waals surface area contributed by atoms with Crippen LogP contribution < -0.4 is 5.32 Å². The minimum Gasteiger partial charge on any atom is -0.393 e. The van der Waals surface area contributed by atoms with E-state index in [2.05, 4.69) is 33.4 Å². The van der Waals surface area contributed by atoms with Gasteiger partial charge in [-0.2, -0.15) is 5.10 Å². The number of amides is 1. The molecule has 0 saturated heterocycles. The van der Waals surface area contributed by atoms with Crippen LogP contribution in [-0.4, -0.2) is 54.1 Å². The second-order valence-electron chi connectivity index (χ2n) is 13.3. The Kier molecular flexibility index (Phi) is 6.40. The standard InChI is InChI=1S/C33H38FN5O3/c1-31-16-20-18-38-39(24-6-4-22(34)5-7-24)27(20)15-21(31)3-8-25-26-9-11-33(42,32(26,2)17-28(40)29(25)31)30(41)37-12-10-23-19-35-13-14-36-23/h4-7,13-15,18-19,25-26,28-29,40,42H,3,8-12,16-17H2,1-2H3,(H,37,41). The lowest BCUT2D eigenvalue weighted by Gasteiger charge is -2.60. The molecule has 7 atom stereocenters. The Morgan fingerprint density at radius 1 is 1.17 bits per heavy atom. The molecule has 4 aliphatic carbocycles. The maximum Gasteiger partial charge on any atom is 0.252 e. The van der Waals surface area contributed by atoms with Crippen molar-refractivity contribution in [2.24, 2.45) is 28.6 Å². The maximum absolute atomic E-state index is 13.6. The lowest BCUT2D eigenvalue weighted by atomic mass is 9.45. The summed E-state index contributed by atoms with van der Waals surface area (Å²) < 4.78 is 15.4. The Bertz CT molecular complexity index is 1540. The van der Waals surface area contributed by atoms with E-state index in [0.29, 0.717) is 25.8 Å². The van der Waals surface area contributed by atoms with Gasteiger partial charge in [0.2, 0.25) is 0 Å².